The van der Waals surface area contributed by atoms with E-state index in [2.05, 4.69) is 0 Å². The lowest BCUT2D eigenvalue weighted by atomic mass is 10.2. The van der Waals surface area contributed by atoms with Crippen LogP contribution in [0, 0.1) is 0 Å². The molecule has 0 aromatic heterocycles. The Bertz CT molecular complexity index is 170. The van der Waals surface area contributed by atoms with E-state index in [4.69, 9.17) is 23.2 Å². The molecule has 0 rings (SSSR count). The van der Waals surface area contributed by atoms with Gasteiger partial charge in [-0.2, -0.15) is 0 Å². The Labute approximate surface area is 78.9 Å². The Morgan fingerprint density at radius 1 is 1.18 bits per heavy atom. The van der Waals surface area contributed by atoms with Gasteiger partial charge < -0.3 is 0 Å². The Hall–Kier alpha value is 0.0600. The molecule has 0 aromatic carbocycles. The van der Waals surface area contributed by atoms with Crippen LogP contribution in [0.4, 0.5) is 0 Å². The molecule has 0 unspecified atom stereocenters. The molecule has 0 heterocycles. The molecule has 0 aliphatic heterocycles. The molecular formula is C9H14Cl2. The molecule has 0 saturated heterocycles. The molecule has 0 aromatic rings. The van der Waals surface area contributed by atoms with Crippen LogP contribution < -0.4 is 0 Å². The van der Waals surface area contributed by atoms with Crippen molar-refractivity contribution < 1.29 is 0 Å². The maximum Gasteiger partial charge on any atom is 0.0170 e. The average Bonchev–Trinajstić information content (AvgIpc) is 1.86. The molecule has 11 heavy (non-hydrogen) atoms. The third-order valence-corrected chi connectivity index (χ3v) is 2.05. The lowest BCUT2D eigenvalue weighted by Gasteiger charge is -1.97. The maximum absolute atomic E-state index is 5.91. The summed E-state index contributed by atoms with van der Waals surface area (Å²) in [6.45, 7) is 5.90. The summed E-state index contributed by atoms with van der Waals surface area (Å²) in [6.07, 6.45) is 3.81. The second kappa shape index (κ2) is 5.68. The number of allylic oxidation sites excluding steroid dienone is 4. The Kier molecular flexibility index (Phi) is 5.71. The van der Waals surface area contributed by atoms with E-state index in [1.807, 2.05) is 26.8 Å². The van der Waals surface area contributed by atoms with Crippen molar-refractivity contribution in [3.63, 3.8) is 0 Å². The SMILES string of the molecule is CC(C)=C(Cl)CC/C=C(\C)Cl. The number of hydrogen-bond acceptors (Lipinski definition) is 0. The van der Waals surface area contributed by atoms with Gasteiger partial charge in [0.15, 0.2) is 0 Å². The molecule has 0 radical (unpaired) electrons. The minimum atomic E-state index is 0.836. The molecule has 0 bridgehead atoms. The van der Waals surface area contributed by atoms with Crippen molar-refractivity contribution in [3.05, 3.63) is 21.7 Å². The quantitative estimate of drug-likeness (QED) is 0.621. The first-order valence-electron chi connectivity index (χ1n) is 3.68. The molecule has 0 atom stereocenters. The zero-order valence-corrected chi connectivity index (χ0v) is 8.76. The molecule has 2 heteroatoms. The minimum Gasteiger partial charge on any atom is -0.0898 e. The maximum atomic E-state index is 5.91. The van der Waals surface area contributed by atoms with Gasteiger partial charge in [0.25, 0.3) is 0 Å². The fourth-order valence-electron chi connectivity index (χ4n) is 0.648. The van der Waals surface area contributed by atoms with Crippen molar-refractivity contribution in [2.45, 2.75) is 33.6 Å². The van der Waals surface area contributed by atoms with E-state index in [1.54, 1.807) is 0 Å². The number of hydrogen-bond donors (Lipinski definition) is 0. The number of rotatable bonds is 3. The molecule has 0 aliphatic rings. The van der Waals surface area contributed by atoms with Crippen LogP contribution in [-0.4, -0.2) is 0 Å². The third kappa shape index (κ3) is 6.46. The fraction of sp³-hybridized carbons (Fsp3) is 0.556. The largest absolute Gasteiger partial charge is 0.0898 e. The van der Waals surface area contributed by atoms with Crippen LogP contribution in [0.25, 0.3) is 0 Å². The van der Waals surface area contributed by atoms with Crippen molar-refractivity contribution in [1.29, 1.82) is 0 Å². The first kappa shape index (κ1) is 11.1. The molecule has 0 nitrogen and oxygen atoms in total. The highest BCUT2D eigenvalue weighted by molar-refractivity contribution is 6.30. The second-order valence-corrected chi connectivity index (χ2v) is 3.79. The van der Waals surface area contributed by atoms with Crippen molar-refractivity contribution >= 4 is 23.2 Å². The van der Waals surface area contributed by atoms with Crippen LogP contribution in [0.2, 0.25) is 0 Å². The molecule has 0 spiro atoms. The van der Waals surface area contributed by atoms with Crippen LogP contribution in [0.3, 0.4) is 0 Å². The van der Waals surface area contributed by atoms with Gasteiger partial charge in [0.2, 0.25) is 0 Å². The molecule has 0 saturated carbocycles. The summed E-state index contributed by atoms with van der Waals surface area (Å²) < 4.78 is 0. The van der Waals surface area contributed by atoms with Gasteiger partial charge in [0.05, 0.1) is 0 Å². The summed E-state index contributed by atoms with van der Waals surface area (Å²) in [5, 5.41) is 1.78. The standard InChI is InChI=1S/C9H14Cl2/c1-7(2)9(11)6-4-5-8(3)10/h5H,4,6H2,1-3H3/b8-5+. The zero-order valence-electron chi connectivity index (χ0n) is 7.25. The van der Waals surface area contributed by atoms with Gasteiger partial charge in [-0.1, -0.05) is 34.9 Å². The fourth-order valence-corrected chi connectivity index (χ4v) is 0.866. The van der Waals surface area contributed by atoms with Gasteiger partial charge in [-0.05, 0) is 33.6 Å². The molecule has 0 fully saturated rings. The molecule has 0 N–H and O–H groups in total. The smallest absolute Gasteiger partial charge is 0.0170 e. The normalized spacial score (nSPS) is 11.5. The van der Waals surface area contributed by atoms with Gasteiger partial charge in [-0.3, -0.25) is 0 Å². The predicted octanol–water partition coefficient (Wildman–Crippen LogP) is 4.44. The summed E-state index contributed by atoms with van der Waals surface area (Å²) in [6, 6.07) is 0. The monoisotopic (exact) mass is 192 g/mol. The average molecular weight is 193 g/mol. The summed E-state index contributed by atoms with van der Waals surface area (Å²) in [5.41, 5.74) is 1.19. The summed E-state index contributed by atoms with van der Waals surface area (Å²) in [4.78, 5) is 0. The first-order chi connectivity index (χ1) is 5.04. The zero-order chi connectivity index (χ0) is 8.85. The van der Waals surface area contributed by atoms with E-state index >= 15 is 0 Å². The van der Waals surface area contributed by atoms with Crippen LogP contribution in [0.5, 0.6) is 0 Å². The van der Waals surface area contributed by atoms with Crippen molar-refractivity contribution in [2.24, 2.45) is 0 Å². The molecular weight excluding hydrogens is 179 g/mol. The second-order valence-electron chi connectivity index (χ2n) is 2.73. The highest BCUT2D eigenvalue weighted by Gasteiger charge is 1.92. The summed E-state index contributed by atoms with van der Waals surface area (Å²) in [7, 11) is 0. The Morgan fingerprint density at radius 2 is 1.73 bits per heavy atom. The Balaban J connectivity index is 3.73. The first-order valence-corrected chi connectivity index (χ1v) is 4.43. The topological polar surface area (TPSA) is 0 Å². The van der Waals surface area contributed by atoms with Crippen molar-refractivity contribution in [1.82, 2.24) is 0 Å². The Morgan fingerprint density at radius 3 is 2.09 bits per heavy atom. The number of halogens is 2. The molecule has 64 valence electrons. The van der Waals surface area contributed by atoms with E-state index in [0.717, 1.165) is 22.9 Å². The predicted molar refractivity (Wildman–Crippen MR) is 53.1 cm³/mol. The van der Waals surface area contributed by atoms with E-state index in [-0.39, 0.29) is 0 Å². The summed E-state index contributed by atoms with van der Waals surface area (Å²) >= 11 is 11.5. The van der Waals surface area contributed by atoms with Crippen LogP contribution in [0.1, 0.15) is 33.6 Å². The van der Waals surface area contributed by atoms with E-state index in [0.29, 0.717) is 0 Å². The van der Waals surface area contributed by atoms with E-state index in [9.17, 15) is 0 Å². The lowest BCUT2D eigenvalue weighted by molar-refractivity contribution is 1.01. The lowest BCUT2D eigenvalue weighted by Crippen LogP contribution is -1.76. The van der Waals surface area contributed by atoms with Crippen molar-refractivity contribution in [3.8, 4) is 0 Å². The van der Waals surface area contributed by atoms with Crippen LogP contribution >= 0.6 is 23.2 Å². The molecule has 0 amide bonds. The highest BCUT2D eigenvalue weighted by atomic mass is 35.5. The van der Waals surface area contributed by atoms with Gasteiger partial charge >= 0.3 is 0 Å². The highest BCUT2D eigenvalue weighted by Crippen LogP contribution is 2.16. The van der Waals surface area contributed by atoms with Crippen LogP contribution in [0.15, 0.2) is 21.7 Å². The van der Waals surface area contributed by atoms with E-state index in [1.165, 1.54) is 5.57 Å². The third-order valence-electron chi connectivity index (χ3n) is 1.33. The van der Waals surface area contributed by atoms with Crippen LogP contribution in [-0.2, 0) is 0 Å². The summed E-state index contributed by atoms with van der Waals surface area (Å²) in [5.74, 6) is 0. The minimum absolute atomic E-state index is 0.836. The van der Waals surface area contributed by atoms with Crippen molar-refractivity contribution in [2.75, 3.05) is 0 Å². The van der Waals surface area contributed by atoms with Gasteiger partial charge in [-0.15, -0.1) is 0 Å². The van der Waals surface area contributed by atoms with Gasteiger partial charge in [-0.25, -0.2) is 0 Å². The van der Waals surface area contributed by atoms with Gasteiger partial charge in [0, 0.05) is 10.1 Å². The molecule has 0 aliphatic carbocycles. The van der Waals surface area contributed by atoms with Gasteiger partial charge in [0.1, 0.15) is 0 Å². The van der Waals surface area contributed by atoms with E-state index < -0.39 is 0 Å².